The molecule has 0 aliphatic carbocycles. The van der Waals surface area contributed by atoms with Gasteiger partial charge in [-0.25, -0.2) is 15.0 Å². The Balaban J connectivity index is 2.17. The van der Waals surface area contributed by atoms with Gasteiger partial charge in [-0.1, -0.05) is 23.2 Å². The van der Waals surface area contributed by atoms with Crippen LogP contribution in [0.1, 0.15) is 18.3 Å². The van der Waals surface area contributed by atoms with Crippen molar-refractivity contribution >= 4 is 23.2 Å². The maximum absolute atomic E-state index is 6.36. The monoisotopic (exact) mass is 362 g/mol. The summed E-state index contributed by atoms with van der Waals surface area (Å²) >= 11 is 12.4. The fourth-order valence-corrected chi connectivity index (χ4v) is 2.85. The van der Waals surface area contributed by atoms with E-state index in [1.54, 1.807) is 30.7 Å². The van der Waals surface area contributed by atoms with Gasteiger partial charge in [-0.3, -0.25) is 0 Å². The van der Waals surface area contributed by atoms with E-state index in [0.29, 0.717) is 40.4 Å². The summed E-state index contributed by atoms with van der Waals surface area (Å²) < 4.78 is 0. The molecule has 24 heavy (non-hydrogen) atoms. The zero-order valence-corrected chi connectivity index (χ0v) is 14.2. The van der Waals surface area contributed by atoms with Gasteiger partial charge in [0.25, 0.3) is 0 Å². The Morgan fingerprint density at radius 2 is 2.00 bits per heavy atom. The minimum Gasteiger partial charge on any atom is -0.345 e. The van der Waals surface area contributed by atoms with Crippen molar-refractivity contribution in [1.29, 1.82) is 0 Å². The van der Waals surface area contributed by atoms with E-state index in [1.165, 1.54) is 0 Å². The molecule has 1 unspecified atom stereocenters. The highest BCUT2D eigenvalue weighted by molar-refractivity contribution is 6.36. The number of nitrogens with one attached hydrogen (secondary N) is 1. The number of hydrogen-bond acceptors (Lipinski definition) is 5. The normalized spacial score (nSPS) is 12.3. The number of hydrogen-bond donors (Lipinski definition) is 3. The van der Waals surface area contributed by atoms with Gasteiger partial charge in [0.1, 0.15) is 11.6 Å². The molecule has 1 aromatic carbocycles. The number of nitrogens with two attached hydrogens (primary N) is 2. The van der Waals surface area contributed by atoms with Crippen LogP contribution in [-0.2, 0) is 0 Å². The molecule has 2 aromatic heterocycles. The third-order valence-electron chi connectivity index (χ3n) is 3.56. The van der Waals surface area contributed by atoms with Gasteiger partial charge in [0.2, 0.25) is 0 Å². The molecule has 0 fully saturated rings. The fourth-order valence-electron chi connectivity index (χ4n) is 2.36. The number of rotatable bonds is 5. The molecule has 6 nitrogen and oxygen atoms in total. The summed E-state index contributed by atoms with van der Waals surface area (Å²) in [5, 5.41) is 1.05. The van der Waals surface area contributed by atoms with Crippen LogP contribution in [0.5, 0.6) is 0 Å². The summed E-state index contributed by atoms with van der Waals surface area (Å²) in [4.78, 5) is 16.3. The standard InChI is InChI=1S/C16H16Cl2N6/c17-9-1-2-10(12(18)7-9)14-11(15-21-5-6-22-15)8-23-16(24-14)13(20)3-4-19/h1-2,5-8,13H,3-4,19-20H2,(H,21,22). The molecule has 0 bridgehead atoms. The van der Waals surface area contributed by atoms with Crippen molar-refractivity contribution in [3.63, 3.8) is 0 Å². The predicted molar refractivity (Wildman–Crippen MR) is 95.7 cm³/mol. The van der Waals surface area contributed by atoms with Crippen LogP contribution >= 0.6 is 23.2 Å². The summed E-state index contributed by atoms with van der Waals surface area (Å²) in [7, 11) is 0. The fraction of sp³-hybridized carbons (Fsp3) is 0.188. The molecule has 0 saturated heterocycles. The van der Waals surface area contributed by atoms with Crippen molar-refractivity contribution in [3.8, 4) is 22.6 Å². The zero-order chi connectivity index (χ0) is 17.1. The van der Waals surface area contributed by atoms with Crippen molar-refractivity contribution in [2.24, 2.45) is 11.5 Å². The van der Waals surface area contributed by atoms with Crippen LogP contribution in [-0.4, -0.2) is 26.5 Å². The van der Waals surface area contributed by atoms with E-state index in [2.05, 4.69) is 19.9 Å². The third-order valence-corrected chi connectivity index (χ3v) is 4.10. The van der Waals surface area contributed by atoms with Gasteiger partial charge < -0.3 is 16.5 Å². The lowest BCUT2D eigenvalue weighted by molar-refractivity contribution is 0.621. The number of nitrogens with zero attached hydrogens (tertiary/aromatic N) is 3. The average Bonchev–Trinajstić information content (AvgIpc) is 3.09. The van der Waals surface area contributed by atoms with Gasteiger partial charge in [-0.2, -0.15) is 0 Å². The van der Waals surface area contributed by atoms with E-state index in [-0.39, 0.29) is 6.04 Å². The second-order valence-electron chi connectivity index (χ2n) is 5.24. The van der Waals surface area contributed by atoms with Gasteiger partial charge in [0, 0.05) is 29.2 Å². The number of aromatic amines is 1. The second kappa shape index (κ2) is 7.27. The highest BCUT2D eigenvalue weighted by Crippen LogP contribution is 2.34. The highest BCUT2D eigenvalue weighted by Gasteiger charge is 2.18. The second-order valence-corrected chi connectivity index (χ2v) is 6.08. The Hall–Kier alpha value is -1.99. The minimum atomic E-state index is -0.342. The van der Waals surface area contributed by atoms with Crippen molar-refractivity contribution in [1.82, 2.24) is 19.9 Å². The molecule has 1 atom stereocenters. The molecule has 0 saturated carbocycles. The first-order valence-corrected chi connectivity index (χ1v) is 8.13. The van der Waals surface area contributed by atoms with E-state index >= 15 is 0 Å². The molecule has 3 rings (SSSR count). The smallest absolute Gasteiger partial charge is 0.145 e. The topological polar surface area (TPSA) is 107 Å². The summed E-state index contributed by atoms with van der Waals surface area (Å²) in [5.74, 6) is 1.16. The Morgan fingerprint density at radius 1 is 1.17 bits per heavy atom. The van der Waals surface area contributed by atoms with Crippen LogP contribution in [0.3, 0.4) is 0 Å². The average molecular weight is 363 g/mol. The lowest BCUT2D eigenvalue weighted by Gasteiger charge is -2.14. The summed E-state index contributed by atoms with van der Waals surface area (Å²) in [6.45, 7) is 0.460. The van der Waals surface area contributed by atoms with Gasteiger partial charge >= 0.3 is 0 Å². The Morgan fingerprint density at radius 3 is 2.67 bits per heavy atom. The molecule has 0 spiro atoms. The number of halogens is 2. The summed E-state index contributed by atoms with van der Waals surface area (Å²) in [5.41, 5.74) is 13.8. The molecule has 8 heteroatoms. The number of benzene rings is 1. The Kier molecular flexibility index (Phi) is 5.11. The Labute approximate surface area is 149 Å². The predicted octanol–water partition coefficient (Wildman–Crippen LogP) is 3.19. The molecular weight excluding hydrogens is 347 g/mol. The molecule has 0 aliphatic heterocycles. The first-order valence-electron chi connectivity index (χ1n) is 7.38. The molecule has 5 N–H and O–H groups in total. The van der Waals surface area contributed by atoms with Crippen LogP contribution in [0.15, 0.2) is 36.8 Å². The maximum atomic E-state index is 6.36. The van der Waals surface area contributed by atoms with Crippen LogP contribution in [0.2, 0.25) is 10.0 Å². The summed E-state index contributed by atoms with van der Waals surface area (Å²) in [6, 6.07) is 4.91. The lowest BCUT2D eigenvalue weighted by atomic mass is 10.1. The molecule has 2 heterocycles. The molecule has 0 radical (unpaired) electrons. The van der Waals surface area contributed by atoms with Crippen molar-refractivity contribution in [2.75, 3.05) is 6.54 Å². The van der Waals surface area contributed by atoms with E-state index in [1.807, 2.05) is 6.07 Å². The molecule has 0 aliphatic rings. The van der Waals surface area contributed by atoms with Crippen LogP contribution in [0.25, 0.3) is 22.6 Å². The first-order chi connectivity index (χ1) is 11.6. The van der Waals surface area contributed by atoms with E-state index in [9.17, 15) is 0 Å². The van der Waals surface area contributed by atoms with Crippen LogP contribution < -0.4 is 11.5 Å². The van der Waals surface area contributed by atoms with Gasteiger partial charge in [0.05, 0.1) is 22.3 Å². The maximum Gasteiger partial charge on any atom is 0.145 e. The number of H-pyrrole nitrogens is 1. The van der Waals surface area contributed by atoms with Crippen LogP contribution in [0, 0.1) is 0 Å². The SMILES string of the molecule is NCCC(N)c1ncc(-c2ncc[nH]2)c(-c2ccc(Cl)cc2Cl)n1. The number of imidazole rings is 1. The largest absolute Gasteiger partial charge is 0.345 e. The van der Waals surface area contributed by atoms with Crippen LogP contribution in [0.4, 0.5) is 0 Å². The molecule has 3 aromatic rings. The van der Waals surface area contributed by atoms with Gasteiger partial charge in [-0.15, -0.1) is 0 Å². The number of aromatic nitrogens is 4. The molecular formula is C16H16Cl2N6. The van der Waals surface area contributed by atoms with Crippen molar-refractivity contribution in [2.45, 2.75) is 12.5 Å². The van der Waals surface area contributed by atoms with Gasteiger partial charge in [-0.05, 0) is 31.2 Å². The zero-order valence-electron chi connectivity index (χ0n) is 12.7. The lowest BCUT2D eigenvalue weighted by Crippen LogP contribution is -2.18. The minimum absolute atomic E-state index is 0.342. The first kappa shape index (κ1) is 16.9. The van der Waals surface area contributed by atoms with Gasteiger partial charge in [0.15, 0.2) is 0 Å². The summed E-state index contributed by atoms with van der Waals surface area (Å²) in [6.07, 6.45) is 5.68. The Bertz CT molecular complexity index is 835. The van der Waals surface area contributed by atoms with E-state index < -0.39 is 0 Å². The molecule has 124 valence electrons. The highest BCUT2D eigenvalue weighted by atomic mass is 35.5. The van der Waals surface area contributed by atoms with E-state index in [0.717, 1.165) is 11.1 Å². The van der Waals surface area contributed by atoms with Crippen molar-refractivity contribution < 1.29 is 0 Å². The quantitative estimate of drug-likeness (QED) is 0.645. The van der Waals surface area contributed by atoms with E-state index in [4.69, 9.17) is 34.7 Å². The third kappa shape index (κ3) is 3.42. The van der Waals surface area contributed by atoms with Crippen molar-refractivity contribution in [3.05, 3.63) is 52.7 Å². The molecule has 0 amide bonds.